The molecule has 2 aromatic rings. The van der Waals surface area contributed by atoms with Crippen LogP contribution in [-0.4, -0.2) is 56.6 Å². The van der Waals surface area contributed by atoms with E-state index in [1.807, 2.05) is 46.8 Å². The fourth-order valence-corrected chi connectivity index (χ4v) is 4.51. The molecular weight excluding hydrogens is 466 g/mol. The van der Waals surface area contributed by atoms with Gasteiger partial charge in [0.15, 0.2) is 0 Å². The van der Waals surface area contributed by atoms with Crippen LogP contribution in [0.1, 0.15) is 45.2 Å². The number of amides is 2. The highest BCUT2D eigenvalue weighted by molar-refractivity contribution is 7.92. The average Bonchev–Trinajstić information content (AvgIpc) is 2.76. The standard InChI is InChI=1S/C26H37N3O5S/c1-8-23(25(31)27-26(3,4)5)28(17-20-10-9-11-22(16-20)34-6)24(30)18-29(35(7,32)33)21-14-12-19(2)13-15-21/h9-16,23H,8,17-18H2,1-7H3,(H,27,31)/t23-/m0/s1. The Balaban J connectivity index is 2.46. The molecule has 1 atom stereocenters. The Labute approximate surface area is 209 Å². The molecule has 0 aliphatic carbocycles. The minimum absolute atomic E-state index is 0.123. The first-order chi connectivity index (χ1) is 16.2. The van der Waals surface area contributed by atoms with Gasteiger partial charge in [0.1, 0.15) is 18.3 Å². The minimum Gasteiger partial charge on any atom is -0.497 e. The molecule has 0 bridgehead atoms. The topological polar surface area (TPSA) is 96.0 Å². The van der Waals surface area contributed by atoms with Crippen molar-refractivity contribution in [3.63, 3.8) is 0 Å². The summed E-state index contributed by atoms with van der Waals surface area (Å²) in [6, 6.07) is 13.4. The van der Waals surface area contributed by atoms with Gasteiger partial charge in [-0.2, -0.15) is 0 Å². The number of aryl methyl sites for hydroxylation is 1. The zero-order chi connectivity index (χ0) is 26.4. The molecule has 0 saturated heterocycles. The lowest BCUT2D eigenvalue weighted by Gasteiger charge is -2.34. The van der Waals surface area contributed by atoms with Gasteiger partial charge in [-0.3, -0.25) is 13.9 Å². The van der Waals surface area contributed by atoms with Crippen LogP contribution < -0.4 is 14.4 Å². The third-order valence-corrected chi connectivity index (χ3v) is 6.51. The van der Waals surface area contributed by atoms with Gasteiger partial charge in [0.25, 0.3) is 0 Å². The number of benzene rings is 2. The van der Waals surface area contributed by atoms with Gasteiger partial charge in [-0.15, -0.1) is 0 Å². The summed E-state index contributed by atoms with van der Waals surface area (Å²) in [5.74, 6) is -0.147. The van der Waals surface area contributed by atoms with Crippen LogP contribution in [0.15, 0.2) is 48.5 Å². The number of nitrogens with one attached hydrogen (secondary N) is 1. The maximum Gasteiger partial charge on any atom is 0.244 e. The molecule has 0 aliphatic rings. The van der Waals surface area contributed by atoms with E-state index in [0.29, 0.717) is 17.9 Å². The Morgan fingerprint density at radius 2 is 1.71 bits per heavy atom. The zero-order valence-corrected chi connectivity index (χ0v) is 22.5. The van der Waals surface area contributed by atoms with Crippen molar-refractivity contribution in [1.82, 2.24) is 10.2 Å². The van der Waals surface area contributed by atoms with Gasteiger partial charge in [0, 0.05) is 12.1 Å². The summed E-state index contributed by atoms with van der Waals surface area (Å²) < 4.78 is 31.6. The SMILES string of the molecule is CC[C@@H](C(=O)NC(C)(C)C)N(Cc1cccc(OC)c1)C(=O)CN(c1ccc(C)cc1)S(C)(=O)=O. The maximum atomic E-state index is 13.7. The Bertz CT molecular complexity index is 1120. The molecule has 35 heavy (non-hydrogen) atoms. The molecule has 1 N–H and O–H groups in total. The third kappa shape index (κ3) is 8.28. The first kappa shape index (κ1) is 28.2. The summed E-state index contributed by atoms with van der Waals surface area (Å²) in [5.41, 5.74) is 1.63. The Hall–Kier alpha value is -3.07. The molecule has 0 aliphatic heterocycles. The molecule has 0 spiro atoms. The van der Waals surface area contributed by atoms with Gasteiger partial charge >= 0.3 is 0 Å². The zero-order valence-electron chi connectivity index (χ0n) is 21.7. The number of carbonyl (C=O) groups excluding carboxylic acids is 2. The number of sulfonamides is 1. The Kier molecular flexibility index (Phi) is 9.31. The highest BCUT2D eigenvalue weighted by Gasteiger charge is 2.33. The predicted molar refractivity (Wildman–Crippen MR) is 139 cm³/mol. The first-order valence-electron chi connectivity index (χ1n) is 11.5. The molecule has 0 radical (unpaired) electrons. The molecule has 2 rings (SSSR count). The summed E-state index contributed by atoms with van der Waals surface area (Å²) >= 11 is 0. The van der Waals surface area contributed by atoms with Crippen molar-refractivity contribution in [3.05, 3.63) is 59.7 Å². The van der Waals surface area contributed by atoms with Crippen molar-refractivity contribution in [2.45, 2.75) is 59.2 Å². The van der Waals surface area contributed by atoms with Crippen molar-refractivity contribution < 1.29 is 22.7 Å². The van der Waals surface area contributed by atoms with E-state index in [9.17, 15) is 18.0 Å². The lowest BCUT2D eigenvalue weighted by atomic mass is 10.1. The fourth-order valence-electron chi connectivity index (χ4n) is 3.66. The van der Waals surface area contributed by atoms with Gasteiger partial charge in [0.2, 0.25) is 21.8 Å². The van der Waals surface area contributed by atoms with Gasteiger partial charge in [-0.05, 0) is 63.9 Å². The summed E-state index contributed by atoms with van der Waals surface area (Å²) in [5, 5.41) is 2.95. The van der Waals surface area contributed by atoms with E-state index in [2.05, 4.69) is 5.32 Å². The molecule has 0 fully saturated rings. The maximum absolute atomic E-state index is 13.7. The van der Waals surface area contributed by atoms with Crippen molar-refractivity contribution >= 4 is 27.5 Å². The van der Waals surface area contributed by atoms with Crippen LogP contribution in [0.25, 0.3) is 0 Å². The number of ether oxygens (including phenoxy) is 1. The van der Waals surface area contributed by atoms with Crippen LogP contribution in [0.2, 0.25) is 0 Å². The van der Waals surface area contributed by atoms with Gasteiger partial charge in [-0.25, -0.2) is 8.42 Å². The third-order valence-electron chi connectivity index (χ3n) is 5.37. The highest BCUT2D eigenvalue weighted by Crippen LogP contribution is 2.21. The number of hydrogen-bond acceptors (Lipinski definition) is 5. The molecule has 0 aromatic heterocycles. The van der Waals surface area contributed by atoms with Crippen molar-refractivity contribution in [3.8, 4) is 5.75 Å². The number of anilines is 1. The van der Waals surface area contributed by atoms with Crippen molar-refractivity contribution in [2.75, 3.05) is 24.2 Å². The largest absolute Gasteiger partial charge is 0.497 e. The van der Waals surface area contributed by atoms with Crippen molar-refractivity contribution in [1.29, 1.82) is 0 Å². The lowest BCUT2D eigenvalue weighted by molar-refractivity contribution is -0.141. The van der Waals surface area contributed by atoms with E-state index in [-0.39, 0.29) is 12.5 Å². The number of carbonyl (C=O) groups is 2. The molecule has 0 unspecified atom stereocenters. The first-order valence-corrected chi connectivity index (χ1v) is 13.4. The molecule has 0 heterocycles. The molecule has 192 valence electrons. The molecule has 2 amide bonds. The minimum atomic E-state index is -3.76. The summed E-state index contributed by atoms with van der Waals surface area (Å²) in [6.45, 7) is 9.03. The number of hydrogen-bond donors (Lipinski definition) is 1. The van der Waals surface area contributed by atoms with E-state index in [0.717, 1.165) is 21.7 Å². The summed E-state index contributed by atoms with van der Waals surface area (Å²) in [4.78, 5) is 28.3. The van der Waals surface area contributed by atoms with Gasteiger partial charge < -0.3 is 15.0 Å². The second-order valence-electron chi connectivity index (χ2n) is 9.64. The van der Waals surface area contributed by atoms with Crippen LogP contribution >= 0.6 is 0 Å². The normalized spacial score (nSPS) is 12.5. The lowest BCUT2D eigenvalue weighted by Crippen LogP contribution is -2.55. The van der Waals surface area contributed by atoms with Crippen LogP contribution in [0.3, 0.4) is 0 Å². The van der Waals surface area contributed by atoms with Gasteiger partial charge in [0.05, 0.1) is 19.1 Å². The number of methoxy groups -OCH3 is 1. The van der Waals surface area contributed by atoms with Crippen LogP contribution in [0.5, 0.6) is 5.75 Å². The summed E-state index contributed by atoms with van der Waals surface area (Å²) in [7, 11) is -2.20. The molecule has 0 saturated carbocycles. The highest BCUT2D eigenvalue weighted by atomic mass is 32.2. The van der Waals surface area contributed by atoms with Crippen molar-refractivity contribution in [2.24, 2.45) is 0 Å². The number of nitrogens with zero attached hydrogens (tertiary/aromatic N) is 2. The molecular formula is C26H37N3O5S. The van der Waals surface area contributed by atoms with E-state index < -0.39 is 34.1 Å². The van der Waals surface area contributed by atoms with Crippen LogP contribution in [0.4, 0.5) is 5.69 Å². The Morgan fingerprint density at radius 1 is 1.09 bits per heavy atom. The monoisotopic (exact) mass is 503 g/mol. The van der Waals surface area contributed by atoms with E-state index in [1.165, 1.54) is 4.90 Å². The van der Waals surface area contributed by atoms with Gasteiger partial charge in [-0.1, -0.05) is 36.8 Å². The van der Waals surface area contributed by atoms with Crippen LogP contribution in [-0.2, 0) is 26.2 Å². The Morgan fingerprint density at radius 3 is 2.23 bits per heavy atom. The summed E-state index contributed by atoms with van der Waals surface area (Å²) in [6.07, 6.45) is 1.43. The van der Waals surface area contributed by atoms with E-state index in [1.54, 1.807) is 43.5 Å². The second kappa shape index (κ2) is 11.6. The van der Waals surface area contributed by atoms with E-state index in [4.69, 9.17) is 4.74 Å². The average molecular weight is 504 g/mol. The predicted octanol–water partition coefficient (Wildman–Crippen LogP) is 3.49. The van der Waals surface area contributed by atoms with Crippen LogP contribution in [0, 0.1) is 6.92 Å². The molecule has 8 nitrogen and oxygen atoms in total. The smallest absolute Gasteiger partial charge is 0.244 e. The molecule has 9 heteroatoms. The van der Waals surface area contributed by atoms with E-state index >= 15 is 0 Å². The quantitative estimate of drug-likeness (QED) is 0.535. The molecule has 2 aromatic carbocycles. The fraction of sp³-hybridized carbons (Fsp3) is 0.462. The second-order valence-corrected chi connectivity index (χ2v) is 11.5. The number of rotatable bonds is 10.